The van der Waals surface area contributed by atoms with E-state index in [0.717, 1.165) is 49.9 Å². The number of aliphatic hydroxyl groups excluding tert-OH is 1. The van der Waals surface area contributed by atoms with Crippen molar-refractivity contribution in [3.8, 4) is 0 Å². The van der Waals surface area contributed by atoms with E-state index in [1.807, 2.05) is 0 Å². The van der Waals surface area contributed by atoms with Crippen LogP contribution in [0.2, 0.25) is 0 Å². The van der Waals surface area contributed by atoms with Gasteiger partial charge in [-0.15, -0.1) is 0 Å². The van der Waals surface area contributed by atoms with Gasteiger partial charge in [-0.2, -0.15) is 0 Å². The summed E-state index contributed by atoms with van der Waals surface area (Å²) in [4.78, 5) is 13.3. The van der Waals surface area contributed by atoms with Gasteiger partial charge in [-0.3, -0.25) is 4.79 Å². The lowest BCUT2D eigenvalue weighted by Gasteiger charge is -2.73. The third kappa shape index (κ3) is 9.01. The average molecular weight is 737 g/mol. The van der Waals surface area contributed by atoms with Crippen LogP contribution in [0, 0.1) is 56.7 Å². The van der Waals surface area contributed by atoms with Crippen molar-refractivity contribution in [2.75, 3.05) is 0 Å². The van der Waals surface area contributed by atoms with Crippen LogP contribution in [0.1, 0.15) is 229 Å². The summed E-state index contributed by atoms with van der Waals surface area (Å²) in [5, 5.41) is 10.8. The number of unbranched alkanes of at least 4 members (excludes halogenated alkanes) is 14. The minimum Gasteiger partial charge on any atom is -0.462 e. The Kier molecular flexibility index (Phi) is 14.9. The molecular formula is C50H88O3. The maximum absolute atomic E-state index is 13.3. The molecule has 5 saturated carbocycles. The third-order valence-corrected chi connectivity index (χ3v) is 18.2. The molecule has 5 rings (SSSR count). The Morgan fingerprint density at radius 3 is 1.85 bits per heavy atom. The molecule has 5 aliphatic carbocycles. The van der Waals surface area contributed by atoms with Gasteiger partial charge in [0.05, 0.1) is 12.5 Å². The zero-order valence-electron chi connectivity index (χ0n) is 36.6. The first-order valence-electron chi connectivity index (χ1n) is 23.7. The predicted molar refractivity (Wildman–Crippen MR) is 225 cm³/mol. The number of allylic oxidation sites excluding steroid dienone is 1. The molecule has 0 aromatic heterocycles. The van der Waals surface area contributed by atoms with Crippen LogP contribution in [-0.4, -0.2) is 23.3 Å². The fourth-order valence-electron chi connectivity index (χ4n) is 14.9. The highest BCUT2D eigenvalue weighted by molar-refractivity contribution is 5.70. The quantitative estimate of drug-likeness (QED) is 0.0769. The molecule has 0 amide bonds. The fourth-order valence-corrected chi connectivity index (χ4v) is 14.9. The molecule has 0 bridgehead atoms. The number of esters is 1. The second-order valence-corrected chi connectivity index (χ2v) is 21.8. The molecule has 306 valence electrons. The standard InChI is InChI=1S/C50H88O3/c1-10-11-12-13-14-15-16-17-18-19-20-21-22-23-24-25-38(51)36-44(52)53-43-30-32-48(7)41(46(43,4)5)29-33-50(9)42(48)27-26-40-45-39(37(2)3)28-31-47(45,6)34-35-49(40,50)8/h38-43,45,51H,2,10-36H2,1,3-9H3/t38?,39-,40+,41-,42+,43?,45+,47+,48-,49+,50+/m0/s1. The van der Waals surface area contributed by atoms with Gasteiger partial charge in [0.15, 0.2) is 0 Å². The molecule has 5 aliphatic rings. The maximum Gasteiger partial charge on any atom is 0.308 e. The van der Waals surface area contributed by atoms with Crippen LogP contribution in [-0.2, 0) is 9.53 Å². The normalized spacial score (nSPS) is 39.3. The topological polar surface area (TPSA) is 46.5 Å². The summed E-state index contributed by atoms with van der Waals surface area (Å²) < 4.78 is 6.35. The van der Waals surface area contributed by atoms with Crippen LogP contribution in [0.3, 0.4) is 0 Å². The van der Waals surface area contributed by atoms with Crippen molar-refractivity contribution >= 4 is 5.97 Å². The second-order valence-electron chi connectivity index (χ2n) is 21.8. The van der Waals surface area contributed by atoms with Gasteiger partial charge >= 0.3 is 5.97 Å². The van der Waals surface area contributed by atoms with Gasteiger partial charge in [0.25, 0.3) is 0 Å². The molecule has 3 nitrogen and oxygen atoms in total. The lowest BCUT2D eigenvalue weighted by molar-refractivity contribution is -0.249. The van der Waals surface area contributed by atoms with Gasteiger partial charge in [-0.1, -0.05) is 157 Å². The van der Waals surface area contributed by atoms with Crippen LogP contribution < -0.4 is 0 Å². The predicted octanol–water partition coefficient (Wildman–Crippen LogP) is 14.6. The number of ether oxygens (including phenoxy) is 1. The minimum atomic E-state index is -0.575. The highest BCUT2D eigenvalue weighted by Gasteiger charge is 2.70. The second kappa shape index (κ2) is 18.2. The summed E-state index contributed by atoms with van der Waals surface area (Å²) in [6, 6.07) is 0. The first kappa shape index (κ1) is 43.3. The van der Waals surface area contributed by atoms with Crippen molar-refractivity contribution in [3.05, 3.63) is 12.2 Å². The van der Waals surface area contributed by atoms with Crippen molar-refractivity contribution in [2.45, 2.75) is 241 Å². The van der Waals surface area contributed by atoms with Gasteiger partial charge in [0.2, 0.25) is 0 Å². The highest BCUT2D eigenvalue weighted by Crippen LogP contribution is 2.77. The Morgan fingerprint density at radius 2 is 1.26 bits per heavy atom. The lowest BCUT2D eigenvalue weighted by atomic mass is 9.32. The molecule has 0 saturated heterocycles. The average Bonchev–Trinajstić information content (AvgIpc) is 3.46. The molecule has 2 unspecified atom stereocenters. The van der Waals surface area contributed by atoms with E-state index in [9.17, 15) is 9.90 Å². The molecule has 3 heteroatoms. The molecule has 0 spiro atoms. The summed E-state index contributed by atoms with van der Waals surface area (Å²) in [6.45, 7) is 24.7. The summed E-state index contributed by atoms with van der Waals surface area (Å²) in [7, 11) is 0. The maximum atomic E-state index is 13.3. The minimum absolute atomic E-state index is 0.0486. The van der Waals surface area contributed by atoms with Crippen molar-refractivity contribution in [3.63, 3.8) is 0 Å². The van der Waals surface area contributed by atoms with E-state index in [0.29, 0.717) is 28.1 Å². The van der Waals surface area contributed by atoms with E-state index in [1.54, 1.807) is 0 Å². The van der Waals surface area contributed by atoms with Gasteiger partial charge in [-0.05, 0) is 129 Å². The SMILES string of the molecule is C=C(C)[C@@H]1CC[C@]2(C)CC[C@]3(C)[C@H](CC[C@@H]4[C@@]5(C)CCC(OC(=O)CC(O)CCCCCCCCCCCCCCCCC)C(C)(C)[C@@H]5CC[C@]43C)[C@@H]12. The Bertz CT molecular complexity index is 1190. The van der Waals surface area contributed by atoms with Crippen LogP contribution in [0.5, 0.6) is 0 Å². The molecule has 5 fully saturated rings. The molecule has 0 aromatic rings. The smallest absolute Gasteiger partial charge is 0.308 e. The fraction of sp³-hybridized carbons (Fsp3) is 0.940. The monoisotopic (exact) mass is 737 g/mol. The molecule has 1 N–H and O–H groups in total. The van der Waals surface area contributed by atoms with Crippen LogP contribution in [0.25, 0.3) is 0 Å². The summed E-state index contributed by atoms with van der Waals surface area (Å²) in [5.74, 6) is 3.46. The van der Waals surface area contributed by atoms with E-state index in [2.05, 4.69) is 62.0 Å². The largest absolute Gasteiger partial charge is 0.462 e. The first-order valence-corrected chi connectivity index (χ1v) is 23.7. The third-order valence-electron chi connectivity index (χ3n) is 18.2. The number of rotatable bonds is 20. The number of carbonyl (C=O) groups is 1. The highest BCUT2D eigenvalue weighted by atomic mass is 16.5. The van der Waals surface area contributed by atoms with Crippen molar-refractivity contribution in [1.29, 1.82) is 0 Å². The zero-order chi connectivity index (χ0) is 38.5. The van der Waals surface area contributed by atoms with Gasteiger partial charge in [0.1, 0.15) is 6.10 Å². The number of hydrogen-bond acceptors (Lipinski definition) is 3. The van der Waals surface area contributed by atoms with Gasteiger partial charge in [0, 0.05) is 5.41 Å². The molecule has 0 radical (unpaired) electrons. The molecule has 53 heavy (non-hydrogen) atoms. The summed E-state index contributed by atoms with van der Waals surface area (Å²) in [6.07, 6.45) is 33.4. The first-order chi connectivity index (χ1) is 25.1. The van der Waals surface area contributed by atoms with Crippen molar-refractivity contribution < 1.29 is 14.6 Å². The number of carbonyl (C=O) groups excluding carboxylic acids is 1. The molecule has 11 atom stereocenters. The van der Waals surface area contributed by atoms with E-state index < -0.39 is 6.10 Å². The van der Waals surface area contributed by atoms with E-state index in [1.165, 1.54) is 140 Å². The van der Waals surface area contributed by atoms with E-state index in [-0.39, 0.29) is 29.3 Å². The summed E-state index contributed by atoms with van der Waals surface area (Å²) in [5.41, 5.74) is 2.93. The summed E-state index contributed by atoms with van der Waals surface area (Å²) >= 11 is 0. The van der Waals surface area contributed by atoms with E-state index >= 15 is 0 Å². The number of hydrogen-bond donors (Lipinski definition) is 1. The van der Waals surface area contributed by atoms with E-state index in [4.69, 9.17) is 4.74 Å². The molecule has 0 heterocycles. The van der Waals surface area contributed by atoms with Gasteiger partial charge < -0.3 is 9.84 Å². The zero-order valence-corrected chi connectivity index (χ0v) is 36.6. The molecular weight excluding hydrogens is 649 g/mol. The molecule has 0 aliphatic heterocycles. The van der Waals surface area contributed by atoms with Crippen molar-refractivity contribution in [2.24, 2.45) is 56.7 Å². The number of fused-ring (bicyclic) bond motifs is 7. The number of aliphatic hydroxyl groups is 1. The molecule has 0 aromatic carbocycles. The van der Waals surface area contributed by atoms with Gasteiger partial charge in [-0.25, -0.2) is 0 Å². The van der Waals surface area contributed by atoms with Crippen LogP contribution in [0.15, 0.2) is 12.2 Å². The van der Waals surface area contributed by atoms with Crippen molar-refractivity contribution in [1.82, 2.24) is 0 Å². The Morgan fingerprint density at radius 1 is 0.679 bits per heavy atom. The van der Waals surface area contributed by atoms with Crippen LogP contribution in [0.4, 0.5) is 0 Å². The Hall–Kier alpha value is -0.830. The lowest BCUT2D eigenvalue weighted by Crippen LogP contribution is -2.66. The Labute approximate surface area is 329 Å². The Balaban J connectivity index is 1.04. The van der Waals surface area contributed by atoms with Crippen LogP contribution >= 0.6 is 0 Å².